The average molecular weight is 218 g/mol. The number of methoxy groups -OCH3 is 1. The second-order valence-electron chi connectivity index (χ2n) is 4.26. The summed E-state index contributed by atoms with van der Waals surface area (Å²) in [4.78, 5) is 0. The second-order valence-corrected chi connectivity index (χ2v) is 4.26. The maximum atomic E-state index is 5.96. The first-order chi connectivity index (χ1) is 7.56. The van der Waals surface area contributed by atoms with E-state index in [2.05, 4.69) is 23.6 Å². The second kappa shape index (κ2) is 3.83. The molecule has 0 fully saturated rings. The summed E-state index contributed by atoms with van der Waals surface area (Å²) in [6.07, 6.45) is 0. The third kappa shape index (κ3) is 1.48. The predicted molar refractivity (Wildman–Crippen MR) is 66.8 cm³/mol. The zero-order valence-corrected chi connectivity index (χ0v) is 10.2. The lowest BCUT2D eigenvalue weighted by Gasteiger charge is -2.09. The molecule has 86 valence electrons. The van der Waals surface area contributed by atoms with Crippen LogP contribution in [-0.4, -0.2) is 11.7 Å². The molecule has 16 heavy (non-hydrogen) atoms. The minimum absolute atomic E-state index is 0.0292. The summed E-state index contributed by atoms with van der Waals surface area (Å²) in [6.45, 7) is 4.10. The van der Waals surface area contributed by atoms with Gasteiger partial charge in [0.05, 0.1) is 12.6 Å². The molecule has 0 aliphatic rings. The number of fused-ring (bicyclic) bond motifs is 1. The van der Waals surface area contributed by atoms with Gasteiger partial charge in [-0.15, -0.1) is 0 Å². The van der Waals surface area contributed by atoms with Crippen molar-refractivity contribution >= 4 is 10.9 Å². The van der Waals surface area contributed by atoms with Crippen LogP contribution in [0.4, 0.5) is 0 Å². The van der Waals surface area contributed by atoms with Crippen LogP contribution in [0.15, 0.2) is 18.2 Å². The molecule has 1 heterocycles. The summed E-state index contributed by atoms with van der Waals surface area (Å²) in [6, 6.07) is 6.26. The molecule has 2 aromatic rings. The molecule has 3 nitrogen and oxygen atoms in total. The highest BCUT2D eigenvalue weighted by Gasteiger charge is 2.14. The zero-order chi connectivity index (χ0) is 11.9. The van der Waals surface area contributed by atoms with Gasteiger partial charge in [0.15, 0.2) is 0 Å². The van der Waals surface area contributed by atoms with Gasteiger partial charge in [-0.2, -0.15) is 0 Å². The van der Waals surface area contributed by atoms with Gasteiger partial charge in [0, 0.05) is 24.2 Å². The number of nitrogens with zero attached hydrogens (tertiary/aromatic N) is 1. The maximum absolute atomic E-state index is 5.96. The monoisotopic (exact) mass is 218 g/mol. The highest BCUT2D eigenvalue weighted by atomic mass is 16.5. The van der Waals surface area contributed by atoms with Crippen molar-refractivity contribution in [2.75, 3.05) is 7.11 Å². The molecule has 0 amide bonds. The largest absolute Gasteiger partial charge is 0.495 e. The Kier molecular flexibility index (Phi) is 2.64. The standard InChI is InChI=1S/C13H18N2O/c1-8-5-6-12(16-4)13-10(8)7-11(9(2)14)15(13)3/h5-7,9H,14H2,1-4H3. The number of nitrogens with two attached hydrogens (primary N) is 1. The molecule has 0 radical (unpaired) electrons. The number of rotatable bonds is 2. The molecule has 2 N–H and O–H groups in total. The fourth-order valence-electron chi connectivity index (χ4n) is 2.19. The van der Waals surface area contributed by atoms with Crippen molar-refractivity contribution in [3.63, 3.8) is 0 Å². The SMILES string of the molecule is COc1ccc(C)c2cc(C(C)N)n(C)c12. The molecule has 0 aliphatic carbocycles. The molecule has 2 rings (SSSR count). The maximum Gasteiger partial charge on any atom is 0.143 e. The van der Waals surface area contributed by atoms with E-state index in [0.717, 1.165) is 17.0 Å². The van der Waals surface area contributed by atoms with Crippen LogP contribution in [0, 0.1) is 6.92 Å². The van der Waals surface area contributed by atoms with E-state index in [0.29, 0.717) is 0 Å². The van der Waals surface area contributed by atoms with Gasteiger partial charge in [0.25, 0.3) is 0 Å². The molecule has 0 aliphatic heterocycles. The van der Waals surface area contributed by atoms with E-state index < -0.39 is 0 Å². The summed E-state index contributed by atoms with van der Waals surface area (Å²) in [7, 11) is 3.73. The fourth-order valence-corrected chi connectivity index (χ4v) is 2.19. The first-order valence-electron chi connectivity index (χ1n) is 5.44. The smallest absolute Gasteiger partial charge is 0.143 e. The Morgan fingerprint density at radius 2 is 2.06 bits per heavy atom. The molecular formula is C13H18N2O. The number of hydrogen-bond donors (Lipinski definition) is 1. The highest BCUT2D eigenvalue weighted by molar-refractivity contribution is 5.89. The molecule has 1 aromatic carbocycles. The first-order valence-corrected chi connectivity index (χ1v) is 5.44. The molecule has 1 aromatic heterocycles. The Bertz CT molecular complexity index is 526. The number of ether oxygens (including phenoxy) is 1. The summed E-state index contributed by atoms with van der Waals surface area (Å²) in [5.74, 6) is 0.898. The molecule has 3 heteroatoms. The van der Waals surface area contributed by atoms with Crippen LogP contribution in [0.1, 0.15) is 24.2 Å². The summed E-state index contributed by atoms with van der Waals surface area (Å²) >= 11 is 0. The van der Waals surface area contributed by atoms with Crippen molar-refractivity contribution in [3.05, 3.63) is 29.5 Å². The van der Waals surface area contributed by atoms with Gasteiger partial charge in [0.1, 0.15) is 5.75 Å². The summed E-state index contributed by atoms with van der Waals surface area (Å²) in [5.41, 5.74) is 9.45. The minimum atomic E-state index is 0.0292. The van der Waals surface area contributed by atoms with Crippen LogP contribution in [0.2, 0.25) is 0 Å². The van der Waals surface area contributed by atoms with E-state index in [-0.39, 0.29) is 6.04 Å². The number of aryl methyl sites for hydroxylation is 2. The van der Waals surface area contributed by atoms with Gasteiger partial charge >= 0.3 is 0 Å². The van der Waals surface area contributed by atoms with Crippen LogP contribution in [0.5, 0.6) is 5.75 Å². The van der Waals surface area contributed by atoms with Crippen molar-refractivity contribution in [1.82, 2.24) is 4.57 Å². The normalized spacial score (nSPS) is 13.1. The molecule has 0 spiro atoms. The fraction of sp³-hybridized carbons (Fsp3) is 0.385. The lowest BCUT2D eigenvalue weighted by atomic mass is 10.1. The zero-order valence-electron chi connectivity index (χ0n) is 10.2. The summed E-state index contributed by atoms with van der Waals surface area (Å²) < 4.78 is 7.51. The Morgan fingerprint density at radius 3 is 2.62 bits per heavy atom. The van der Waals surface area contributed by atoms with Gasteiger partial charge < -0.3 is 15.0 Å². The van der Waals surface area contributed by atoms with Crippen LogP contribution < -0.4 is 10.5 Å². The summed E-state index contributed by atoms with van der Waals surface area (Å²) in [5, 5.41) is 1.22. The Morgan fingerprint density at radius 1 is 1.38 bits per heavy atom. The molecule has 0 saturated carbocycles. The molecular weight excluding hydrogens is 200 g/mol. The molecule has 0 bridgehead atoms. The lowest BCUT2D eigenvalue weighted by Crippen LogP contribution is -2.09. The van der Waals surface area contributed by atoms with Crippen molar-refractivity contribution in [1.29, 1.82) is 0 Å². The Balaban J connectivity index is 2.84. The number of aromatic nitrogens is 1. The van der Waals surface area contributed by atoms with Gasteiger partial charge in [-0.1, -0.05) is 6.07 Å². The van der Waals surface area contributed by atoms with Crippen molar-refractivity contribution in [2.24, 2.45) is 12.8 Å². The van der Waals surface area contributed by atoms with E-state index in [1.807, 2.05) is 20.0 Å². The lowest BCUT2D eigenvalue weighted by molar-refractivity contribution is 0.417. The van der Waals surface area contributed by atoms with E-state index in [9.17, 15) is 0 Å². The topological polar surface area (TPSA) is 40.2 Å². The van der Waals surface area contributed by atoms with Gasteiger partial charge in [-0.05, 0) is 31.5 Å². The van der Waals surface area contributed by atoms with Crippen LogP contribution >= 0.6 is 0 Å². The number of benzene rings is 1. The Labute approximate surface area is 95.8 Å². The van der Waals surface area contributed by atoms with Crippen molar-refractivity contribution in [2.45, 2.75) is 19.9 Å². The molecule has 0 saturated heterocycles. The van der Waals surface area contributed by atoms with Gasteiger partial charge in [-0.3, -0.25) is 0 Å². The predicted octanol–water partition coefficient (Wildman–Crippen LogP) is 2.52. The highest BCUT2D eigenvalue weighted by Crippen LogP contribution is 2.32. The quantitative estimate of drug-likeness (QED) is 0.841. The van der Waals surface area contributed by atoms with E-state index in [1.165, 1.54) is 10.9 Å². The van der Waals surface area contributed by atoms with E-state index in [1.54, 1.807) is 7.11 Å². The van der Waals surface area contributed by atoms with Crippen molar-refractivity contribution < 1.29 is 4.74 Å². The third-order valence-electron chi connectivity index (χ3n) is 3.10. The van der Waals surface area contributed by atoms with Crippen molar-refractivity contribution in [3.8, 4) is 5.75 Å². The average Bonchev–Trinajstić information content (AvgIpc) is 2.59. The number of hydrogen-bond acceptors (Lipinski definition) is 2. The third-order valence-corrected chi connectivity index (χ3v) is 3.10. The van der Waals surface area contributed by atoms with Gasteiger partial charge in [0.2, 0.25) is 0 Å². The van der Waals surface area contributed by atoms with E-state index in [4.69, 9.17) is 10.5 Å². The van der Waals surface area contributed by atoms with E-state index >= 15 is 0 Å². The molecule has 1 unspecified atom stereocenters. The van der Waals surface area contributed by atoms with Crippen LogP contribution in [0.25, 0.3) is 10.9 Å². The van der Waals surface area contributed by atoms with Gasteiger partial charge in [-0.25, -0.2) is 0 Å². The van der Waals surface area contributed by atoms with Crippen LogP contribution in [-0.2, 0) is 7.05 Å². The van der Waals surface area contributed by atoms with Crippen LogP contribution in [0.3, 0.4) is 0 Å². The Hall–Kier alpha value is -1.48. The first kappa shape index (κ1) is 11.0. The molecule has 1 atom stereocenters. The minimum Gasteiger partial charge on any atom is -0.495 e.